The molecule has 6 rings (SSSR count). The van der Waals surface area contributed by atoms with Crippen LogP contribution in [0.4, 0.5) is 5.69 Å². The summed E-state index contributed by atoms with van der Waals surface area (Å²) >= 11 is 0. The number of aliphatic carboxylic acids is 1. The van der Waals surface area contributed by atoms with E-state index in [2.05, 4.69) is 46.7 Å². The number of aryl methyl sites for hydroxylation is 1. The molecule has 0 fully saturated rings. The minimum atomic E-state index is -0.996. The molecule has 0 radical (unpaired) electrons. The molecule has 0 saturated heterocycles. The van der Waals surface area contributed by atoms with E-state index in [1.807, 2.05) is 49.4 Å². The minimum Gasteiger partial charge on any atom is -0.493 e. The molecule has 0 aliphatic carbocycles. The average molecular weight is 569 g/mol. The summed E-state index contributed by atoms with van der Waals surface area (Å²) in [5, 5.41) is 15.5. The largest absolute Gasteiger partial charge is 0.493 e. The number of fused-ring (bicyclic) bond motifs is 3. The number of carbonyl (C=O) groups excluding carboxylic acids is 1. The molecule has 6 nitrogen and oxygen atoms in total. The van der Waals surface area contributed by atoms with E-state index in [1.54, 1.807) is 36.4 Å². The monoisotopic (exact) mass is 568 g/mol. The van der Waals surface area contributed by atoms with Crippen LogP contribution in [0.1, 0.15) is 32.6 Å². The Bertz CT molecular complexity index is 1910. The summed E-state index contributed by atoms with van der Waals surface area (Å²) in [7, 11) is 0. The Morgan fingerprint density at radius 3 is 2.33 bits per heavy atom. The highest BCUT2D eigenvalue weighted by atomic mass is 16.5. The second kappa shape index (κ2) is 12.2. The van der Waals surface area contributed by atoms with Crippen LogP contribution in [0.15, 0.2) is 115 Å². The summed E-state index contributed by atoms with van der Waals surface area (Å²) < 4.78 is 6.04. The van der Waals surface area contributed by atoms with Crippen molar-refractivity contribution in [3.8, 4) is 5.75 Å². The summed E-state index contributed by atoms with van der Waals surface area (Å²) in [6.07, 6.45) is 0.989. The molecule has 0 bridgehead atoms. The van der Waals surface area contributed by atoms with Crippen LogP contribution in [-0.4, -0.2) is 34.5 Å². The van der Waals surface area contributed by atoms with Gasteiger partial charge in [-0.25, -0.2) is 4.79 Å². The number of hydrogen-bond acceptors (Lipinski definition) is 4. The predicted molar refractivity (Wildman–Crippen MR) is 171 cm³/mol. The van der Waals surface area contributed by atoms with Crippen LogP contribution >= 0.6 is 0 Å². The van der Waals surface area contributed by atoms with Gasteiger partial charge in [-0.2, -0.15) is 0 Å². The number of carbonyl (C=O) groups is 2. The molecule has 1 aromatic heterocycles. The number of hydrogen-bond donors (Lipinski definition) is 3. The fraction of sp³-hybridized carbons (Fsp3) is 0.135. The first-order chi connectivity index (χ1) is 21.0. The zero-order valence-corrected chi connectivity index (χ0v) is 23.8. The normalized spacial score (nSPS) is 11.8. The van der Waals surface area contributed by atoms with E-state index in [1.165, 1.54) is 16.3 Å². The van der Waals surface area contributed by atoms with Gasteiger partial charge in [0.25, 0.3) is 0 Å². The lowest BCUT2D eigenvalue weighted by molar-refractivity contribution is -0.137. The van der Waals surface area contributed by atoms with Crippen LogP contribution < -0.4 is 10.1 Å². The zero-order valence-electron chi connectivity index (χ0n) is 23.8. The topological polar surface area (TPSA) is 91.4 Å². The highest BCUT2D eigenvalue weighted by molar-refractivity contribution is 6.12. The van der Waals surface area contributed by atoms with E-state index in [0.717, 1.165) is 34.3 Å². The van der Waals surface area contributed by atoms with Gasteiger partial charge >= 0.3 is 5.97 Å². The van der Waals surface area contributed by atoms with Gasteiger partial charge in [0.1, 0.15) is 11.8 Å². The minimum absolute atomic E-state index is 0.158. The van der Waals surface area contributed by atoms with Crippen LogP contribution in [0, 0.1) is 6.92 Å². The molecule has 1 atom stereocenters. The molecule has 3 N–H and O–H groups in total. The number of benzene rings is 5. The first-order valence-corrected chi connectivity index (χ1v) is 14.4. The number of carboxylic acids is 1. The lowest BCUT2D eigenvalue weighted by Crippen LogP contribution is -2.32. The Morgan fingerprint density at radius 1 is 0.814 bits per heavy atom. The number of ether oxygens (including phenoxy) is 1. The van der Waals surface area contributed by atoms with Crippen molar-refractivity contribution in [2.75, 3.05) is 11.9 Å². The number of para-hydroxylation sites is 3. The summed E-state index contributed by atoms with van der Waals surface area (Å²) in [5.74, 6) is -0.431. The third kappa shape index (κ3) is 6.14. The lowest BCUT2D eigenvalue weighted by atomic mass is 9.99. The van der Waals surface area contributed by atoms with Crippen molar-refractivity contribution in [2.24, 2.45) is 0 Å². The maximum absolute atomic E-state index is 13.2. The second-order valence-electron chi connectivity index (χ2n) is 10.7. The van der Waals surface area contributed by atoms with Crippen molar-refractivity contribution in [3.05, 3.63) is 143 Å². The highest BCUT2D eigenvalue weighted by Crippen LogP contribution is 2.28. The first kappa shape index (κ1) is 27.8. The van der Waals surface area contributed by atoms with E-state index >= 15 is 0 Å². The number of ketones is 1. The van der Waals surface area contributed by atoms with Crippen molar-refractivity contribution in [1.29, 1.82) is 0 Å². The van der Waals surface area contributed by atoms with Crippen molar-refractivity contribution < 1.29 is 19.4 Å². The van der Waals surface area contributed by atoms with E-state index in [0.29, 0.717) is 23.4 Å². The third-order valence-corrected chi connectivity index (χ3v) is 7.74. The van der Waals surface area contributed by atoms with Gasteiger partial charge in [-0.15, -0.1) is 0 Å². The molecule has 43 heavy (non-hydrogen) atoms. The van der Waals surface area contributed by atoms with E-state index < -0.39 is 12.0 Å². The van der Waals surface area contributed by atoms with E-state index in [4.69, 9.17) is 4.74 Å². The van der Waals surface area contributed by atoms with Gasteiger partial charge in [0.05, 0.1) is 6.61 Å². The Morgan fingerprint density at radius 2 is 1.53 bits per heavy atom. The molecule has 0 aliphatic rings. The maximum Gasteiger partial charge on any atom is 0.326 e. The molecule has 6 heteroatoms. The van der Waals surface area contributed by atoms with Gasteiger partial charge in [-0.1, -0.05) is 90.5 Å². The molecular weight excluding hydrogens is 536 g/mol. The number of H-pyrrole nitrogens is 1. The summed E-state index contributed by atoms with van der Waals surface area (Å²) in [6.45, 7) is 2.48. The van der Waals surface area contributed by atoms with Crippen LogP contribution in [0.25, 0.3) is 21.8 Å². The number of rotatable bonds is 11. The van der Waals surface area contributed by atoms with Crippen molar-refractivity contribution >= 4 is 39.2 Å². The van der Waals surface area contributed by atoms with Crippen molar-refractivity contribution in [1.82, 2.24) is 4.98 Å². The predicted octanol–water partition coefficient (Wildman–Crippen LogP) is 7.59. The summed E-state index contributed by atoms with van der Waals surface area (Å²) in [6, 6.07) is 35.6. The number of nitrogens with one attached hydrogen (secondary N) is 2. The Balaban J connectivity index is 1.10. The SMILES string of the molecule is Cc1ccc(C(=O)c2ccccc2NC(Cc2ccc(OCCc3cccc4c3[nH]c3ccccc34)cc2)C(=O)O)cc1. The molecule has 1 unspecified atom stereocenters. The lowest BCUT2D eigenvalue weighted by Gasteiger charge is -2.18. The van der Waals surface area contributed by atoms with Crippen molar-refractivity contribution in [2.45, 2.75) is 25.8 Å². The van der Waals surface area contributed by atoms with Gasteiger partial charge in [0.15, 0.2) is 5.78 Å². The van der Waals surface area contributed by atoms with Crippen LogP contribution in [-0.2, 0) is 17.6 Å². The Labute approximate surface area is 250 Å². The number of aromatic amines is 1. The fourth-order valence-electron chi connectivity index (χ4n) is 5.43. The molecule has 6 aromatic rings. The van der Waals surface area contributed by atoms with Gasteiger partial charge < -0.3 is 20.1 Å². The van der Waals surface area contributed by atoms with E-state index in [-0.39, 0.29) is 12.2 Å². The quantitative estimate of drug-likeness (QED) is 0.140. The van der Waals surface area contributed by atoms with Crippen molar-refractivity contribution in [3.63, 3.8) is 0 Å². The Kier molecular flexibility index (Phi) is 7.92. The molecule has 0 aliphatic heterocycles. The Hall–Kier alpha value is -5.36. The summed E-state index contributed by atoms with van der Waals surface area (Å²) in [5.41, 5.74) is 6.84. The molecule has 0 amide bonds. The molecule has 1 heterocycles. The summed E-state index contributed by atoms with van der Waals surface area (Å²) in [4.78, 5) is 29.0. The molecular formula is C37H32N2O4. The van der Waals surface area contributed by atoms with Gasteiger partial charge in [-0.05, 0) is 48.4 Å². The standard InChI is InChI=1S/C37H32N2O4/c1-24-13-17-27(18-14-24)36(40)31-9-3-5-12-33(31)38-34(37(41)42)23-25-15-19-28(20-16-25)43-22-21-26-7-6-10-30-29-8-2-4-11-32(29)39-35(26)30/h2-20,34,38-39H,21-23H2,1H3,(H,41,42). The number of carboxylic acid groups (broad SMARTS) is 1. The molecule has 214 valence electrons. The van der Waals surface area contributed by atoms with Crippen LogP contribution in [0.3, 0.4) is 0 Å². The zero-order chi connectivity index (χ0) is 29.8. The van der Waals surface area contributed by atoms with Gasteiger partial charge in [0, 0.05) is 51.5 Å². The van der Waals surface area contributed by atoms with Crippen LogP contribution in [0.2, 0.25) is 0 Å². The molecule has 0 spiro atoms. The molecule has 5 aromatic carbocycles. The first-order valence-electron chi connectivity index (χ1n) is 14.4. The second-order valence-corrected chi connectivity index (χ2v) is 10.7. The van der Waals surface area contributed by atoms with Gasteiger partial charge in [0.2, 0.25) is 0 Å². The number of anilines is 1. The fourth-order valence-corrected chi connectivity index (χ4v) is 5.43. The highest BCUT2D eigenvalue weighted by Gasteiger charge is 2.21. The third-order valence-electron chi connectivity index (χ3n) is 7.74. The van der Waals surface area contributed by atoms with E-state index in [9.17, 15) is 14.7 Å². The average Bonchev–Trinajstić information content (AvgIpc) is 3.41. The smallest absolute Gasteiger partial charge is 0.326 e. The van der Waals surface area contributed by atoms with Gasteiger partial charge in [-0.3, -0.25) is 4.79 Å². The maximum atomic E-state index is 13.2. The number of aromatic nitrogens is 1. The molecule has 0 saturated carbocycles. The van der Waals surface area contributed by atoms with Crippen LogP contribution in [0.5, 0.6) is 5.75 Å².